The van der Waals surface area contributed by atoms with Crippen LogP contribution in [0.3, 0.4) is 0 Å². The Kier molecular flexibility index (Phi) is 3.82. The van der Waals surface area contributed by atoms with Crippen molar-refractivity contribution in [1.29, 1.82) is 0 Å². The molecule has 0 unspecified atom stereocenters. The molecular weight excluding hydrogens is 228 g/mol. The van der Waals surface area contributed by atoms with Crippen LogP contribution in [0.15, 0.2) is 24.3 Å². The summed E-state index contributed by atoms with van der Waals surface area (Å²) >= 11 is 0. The van der Waals surface area contributed by atoms with Crippen LogP contribution in [0.2, 0.25) is 0 Å². The van der Waals surface area contributed by atoms with Gasteiger partial charge in [0.1, 0.15) is 5.82 Å². The third-order valence-corrected chi connectivity index (χ3v) is 2.90. The Labute approximate surface area is 106 Å². The number of para-hydroxylation sites is 2. The molecule has 0 aliphatic rings. The summed E-state index contributed by atoms with van der Waals surface area (Å²) in [6, 6.07) is 7.76. The second kappa shape index (κ2) is 5.53. The number of H-pyrrole nitrogens is 1. The van der Waals surface area contributed by atoms with Gasteiger partial charge in [-0.15, -0.1) is 0 Å². The zero-order chi connectivity index (χ0) is 13.0. The minimum Gasteiger partial charge on any atom is -0.340 e. The number of carbonyl (C=O) groups excluding carboxylic acids is 1. The summed E-state index contributed by atoms with van der Waals surface area (Å²) in [5.74, 6) is 0.775. The molecule has 18 heavy (non-hydrogen) atoms. The number of carbonyl (C=O) groups is 1. The van der Waals surface area contributed by atoms with Crippen molar-refractivity contribution in [3.63, 3.8) is 0 Å². The van der Waals surface area contributed by atoms with Gasteiger partial charge in [-0.3, -0.25) is 0 Å². The number of aromatic amines is 1. The summed E-state index contributed by atoms with van der Waals surface area (Å²) < 4.78 is 0. The van der Waals surface area contributed by atoms with Crippen LogP contribution in [0.4, 0.5) is 4.79 Å². The smallest absolute Gasteiger partial charge is 0.317 e. The number of benzene rings is 1. The van der Waals surface area contributed by atoms with Gasteiger partial charge in [-0.2, -0.15) is 0 Å². The SMILES string of the molecule is CCN(CC)C(=O)NCc1nc2ccccc2[nH]1. The predicted octanol–water partition coefficient (Wildman–Crippen LogP) is 2.11. The predicted molar refractivity (Wildman–Crippen MR) is 71.3 cm³/mol. The summed E-state index contributed by atoms with van der Waals surface area (Å²) in [4.78, 5) is 21.1. The molecule has 2 amide bonds. The van der Waals surface area contributed by atoms with Gasteiger partial charge in [-0.05, 0) is 26.0 Å². The molecule has 5 nitrogen and oxygen atoms in total. The van der Waals surface area contributed by atoms with E-state index in [1.54, 1.807) is 4.90 Å². The minimum atomic E-state index is -0.0551. The molecule has 96 valence electrons. The van der Waals surface area contributed by atoms with Gasteiger partial charge in [-0.1, -0.05) is 12.1 Å². The highest BCUT2D eigenvalue weighted by molar-refractivity contribution is 5.76. The lowest BCUT2D eigenvalue weighted by molar-refractivity contribution is 0.202. The summed E-state index contributed by atoms with van der Waals surface area (Å²) in [5, 5.41) is 2.86. The molecule has 2 aromatic rings. The first-order valence-corrected chi connectivity index (χ1v) is 6.21. The minimum absolute atomic E-state index is 0.0551. The second-order valence-electron chi connectivity index (χ2n) is 4.03. The maximum Gasteiger partial charge on any atom is 0.317 e. The van der Waals surface area contributed by atoms with Gasteiger partial charge in [0.15, 0.2) is 0 Å². The van der Waals surface area contributed by atoms with Crippen LogP contribution in [-0.4, -0.2) is 34.0 Å². The van der Waals surface area contributed by atoms with Gasteiger partial charge < -0.3 is 15.2 Å². The molecule has 1 aromatic carbocycles. The Morgan fingerprint density at radius 3 is 2.72 bits per heavy atom. The van der Waals surface area contributed by atoms with E-state index in [0.717, 1.165) is 16.9 Å². The highest BCUT2D eigenvalue weighted by atomic mass is 16.2. The van der Waals surface area contributed by atoms with E-state index in [1.165, 1.54) is 0 Å². The zero-order valence-corrected chi connectivity index (χ0v) is 10.7. The number of nitrogens with zero attached hydrogens (tertiary/aromatic N) is 2. The number of amides is 2. The van der Waals surface area contributed by atoms with Gasteiger partial charge in [-0.25, -0.2) is 9.78 Å². The molecule has 0 radical (unpaired) electrons. The lowest BCUT2D eigenvalue weighted by atomic mass is 10.3. The van der Waals surface area contributed by atoms with Crippen LogP contribution in [-0.2, 0) is 6.54 Å². The van der Waals surface area contributed by atoms with E-state index in [9.17, 15) is 4.79 Å². The molecule has 1 heterocycles. The van der Waals surface area contributed by atoms with Gasteiger partial charge >= 0.3 is 6.03 Å². The average molecular weight is 246 g/mol. The molecule has 2 rings (SSSR count). The van der Waals surface area contributed by atoms with E-state index in [-0.39, 0.29) is 6.03 Å². The number of hydrogen-bond donors (Lipinski definition) is 2. The molecular formula is C13H18N4O. The number of hydrogen-bond acceptors (Lipinski definition) is 2. The van der Waals surface area contributed by atoms with Crippen molar-refractivity contribution in [2.24, 2.45) is 0 Å². The normalized spacial score (nSPS) is 10.6. The molecule has 0 aliphatic carbocycles. The molecule has 0 saturated heterocycles. The van der Waals surface area contributed by atoms with Gasteiger partial charge in [0.25, 0.3) is 0 Å². The summed E-state index contributed by atoms with van der Waals surface area (Å²) in [6.45, 7) is 5.77. The van der Waals surface area contributed by atoms with Crippen molar-refractivity contribution in [2.75, 3.05) is 13.1 Å². The molecule has 0 spiro atoms. The van der Waals surface area contributed by atoms with Crippen molar-refractivity contribution >= 4 is 17.1 Å². The Morgan fingerprint density at radius 2 is 2.06 bits per heavy atom. The average Bonchev–Trinajstić information content (AvgIpc) is 2.80. The van der Waals surface area contributed by atoms with Crippen molar-refractivity contribution in [3.8, 4) is 0 Å². The van der Waals surface area contributed by atoms with Crippen molar-refractivity contribution in [1.82, 2.24) is 20.2 Å². The van der Waals surface area contributed by atoms with Crippen molar-refractivity contribution in [3.05, 3.63) is 30.1 Å². The maximum atomic E-state index is 11.8. The van der Waals surface area contributed by atoms with Crippen molar-refractivity contribution < 1.29 is 4.79 Å². The number of rotatable bonds is 4. The van der Waals surface area contributed by atoms with Gasteiger partial charge in [0.05, 0.1) is 17.6 Å². The Morgan fingerprint density at radius 1 is 1.33 bits per heavy atom. The quantitative estimate of drug-likeness (QED) is 0.868. The molecule has 2 N–H and O–H groups in total. The number of urea groups is 1. The first-order valence-electron chi connectivity index (χ1n) is 6.21. The summed E-state index contributed by atoms with van der Waals surface area (Å²) in [5.41, 5.74) is 1.91. The molecule has 0 saturated carbocycles. The molecule has 0 aliphatic heterocycles. The topological polar surface area (TPSA) is 61.0 Å². The van der Waals surface area contributed by atoms with Crippen molar-refractivity contribution in [2.45, 2.75) is 20.4 Å². The number of imidazole rings is 1. The third-order valence-electron chi connectivity index (χ3n) is 2.90. The second-order valence-corrected chi connectivity index (χ2v) is 4.03. The maximum absolute atomic E-state index is 11.8. The number of nitrogens with one attached hydrogen (secondary N) is 2. The standard InChI is InChI=1S/C13H18N4O/c1-3-17(4-2)13(18)14-9-12-15-10-7-5-6-8-11(10)16-12/h5-8H,3-4,9H2,1-2H3,(H,14,18)(H,15,16). The number of aromatic nitrogens is 2. The fraction of sp³-hybridized carbons (Fsp3) is 0.385. The van der Waals surface area contributed by atoms with E-state index in [1.807, 2.05) is 38.1 Å². The van der Waals surface area contributed by atoms with Crippen LogP contribution in [0.1, 0.15) is 19.7 Å². The van der Waals surface area contributed by atoms with E-state index in [4.69, 9.17) is 0 Å². The van der Waals surface area contributed by atoms with Crippen LogP contribution >= 0.6 is 0 Å². The van der Waals surface area contributed by atoms with Crippen LogP contribution in [0.5, 0.6) is 0 Å². The summed E-state index contributed by atoms with van der Waals surface area (Å²) in [7, 11) is 0. The third kappa shape index (κ3) is 2.61. The molecule has 5 heteroatoms. The van der Waals surface area contributed by atoms with E-state index < -0.39 is 0 Å². The van der Waals surface area contributed by atoms with E-state index in [2.05, 4.69) is 15.3 Å². The lowest BCUT2D eigenvalue weighted by Gasteiger charge is -2.18. The monoisotopic (exact) mass is 246 g/mol. The number of fused-ring (bicyclic) bond motifs is 1. The molecule has 0 fully saturated rings. The van der Waals surface area contributed by atoms with Gasteiger partial charge in [0.2, 0.25) is 0 Å². The first kappa shape index (κ1) is 12.4. The van der Waals surface area contributed by atoms with Crippen LogP contribution < -0.4 is 5.32 Å². The summed E-state index contributed by atoms with van der Waals surface area (Å²) in [6.07, 6.45) is 0. The van der Waals surface area contributed by atoms with Crippen LogP contribution in [0, 0.1) is 0 Å². The van der Waals surface area contributed by atoms with Gasteiger partial charge in [0, 0.05) is 13.1 Å². The largest absolute Gasteiger partial charge is 0.340 e. The Hall–Kier alpha value is -2.04. The Bertz CT molecular complexity index is 498. The molecule has 0 atom stereocenters. The molecule has 1 aromatic heterocycles. The zero-order valence-electron chi connectivity index (χ0n) is 10.7. The fourth-order valence-electron chi connectivity index (χ4n) is 1.87. The van der Waals surface area contributed by atoms with E-state index >= 15 is 0 Å². The van der Waals surface area contributed by atoms with Crippen LogP contribution in [0.25, 0.3) is 11.0 Å². The fourth-order valence-corrected chi connectivity index (χ4v) is 1.87. The molecule has 0 bridgehead atoms. The highest BCUT2D eigenvalue weighted by Gasteiger charge is 2.09. The van der Waals surface area contributed by atoms with E-state index in [0.29, 0.717) is 19.6 Å². The first-order chi connectivity index (χ1) is 8.74. The highest BCUT2D eigenvalue weighted by Crippen LogP contribution is 2.09. The Balaban J connectivity index is 1.99. The lowest BCUT2D eigenvalue weighted by Crippen LogP contribution is -2.39.